The number of aromatic hydroxyl groups is 1. The summed E-state index contributed by atoms with van der Waals surface area (Å²) in [5, 5.41) is 14.5. The fraction of sp³-hybridized carbons (Fsp3) is 0.167. The standard InChI is InChI=1S/C12H13NOS/c14-11-5-3-10(4-6-11)13-8-7-12-2-1-9-15-12/h1-6,9,13-14H,7-8H2. The lowest BCUT2D eigenvalue weighted by atomic mass is 10.3. The molecule has 0 fully saturated rings. The fourth-order valence-electron chi connectivity index (χ4n) is 1.36. The molecule has 0 bridgehead atoms. The van der Waals surface area contributed by atoms with Crippen molar-refractivity contribution in [1.29, 1.82) is 0 Å². The average Bonchev–Trinajstić information content (AvgIpc) is 2.74. The van der Waals surface area contributed by atoms with Gasteiger partial charge in [-0.05, 0) is 42.1 Å². The molecule has 0 spiro atoms. The molecule has 0 aliphatic carbocycles. The lowest BCUT2D eigenvalue weighted by Gasteiger charge is -2.04. The van der Waals surface area contributed by atoms with E-state index in [4.69, 9.17) is 5.11 Å². The molecule has 0 saturated heterocycles. The quantitative estimate of drug-likeness (QED) is 0.774. The third-order valence-electron chi connectivity index (χ3n) is 2.15. The normalized spacial score (nSPS) is 10.1. The monoisotopic (exact) mass is 219 g/mol. The minimum absolute atomic E-state index is 0.304. The van der Waals surface area contributed by atoms with Crippen molar-refractivity contribution < 1.29 is 5.11 Å². The maximum absolute atomic E-state index is 9.11. The molecule has 0 atom stereocenters. The zero-order valence-corrected chi connectivity index (χ0v) is 9.13. The Bertz CT molecular complexity index is 394. The van der Waals surface area contributed by atoms with E-state index in [1.165, 1.54) is 4.88 Å². The van der Waals surface area contributed by atoms with Crippen molar-refractivity contribution in [2.75, 3.05) is 11.9 Å². The molecule has 2 rings (SSSR count). The molecule has 2 aromatic rings. The van der Waals surface area contributed by atoms with Crippen LogP contribution in [0, 0.1) is 0 Å². The number of phenols is 1. The Morgan fingerprint density at radius 2 is 1.93 bits per heavy atom. The van der Waals surface area contributed by atoms with Gasteiger partial charge in [-0.25, -0.2) is 0 Å². The van der Waals surface area contributed by atoms with Crippen LogP contribution in [-0.4, -0.2) is 11.7 Å². The van der Waals surface area contributed by atoms with Crippen molar-refractivity contribution in [2.45, 2.75) is 6.42 Å². The molecule has 1 aromatic carbocycles. The summed E-state index contributed by atoms with van der Waals surface area (Å²) < 4.78 is 0. The molecule has 78 valence electrons. The van der Waals surface area contributed by atoms with Crippen molar-refractivity contribution in [2.24, 2.45) is 0 Å². The summed E-state index contributed by atoms with van der Waals surface area (Å²) in [5.41, 5.74) is 1.05. The van der Waals surface area contributed by atoms with Crippen LogP contribution in [-0.2, 0) is 6.42 Å². The second-order valence-electron chi connectivity index (χ2n) is 3.30. The van der Waals surface area contributed by atoms with Gasteiger partial charge >= 0.3 is 0 Å². The highest BCUT2D eigenvalue weighted by molar-refractivity contribution is 7.09. The van der Waals surface area contributed by atoms with E-state index >= 15 is 0 Å². The number of phenolic OH excluding ortho intramolecular Hbond substituents is 1. The summed E-state index contributed by atoms with van der Waals surface area (Å²) in [5.74, 6) is 0.304. The Morgan fingerprint density at radius 1 is 1.13 bits per heavy atom. The van der Waals surface area contributed by atoms with Gasteiger partial charge < -0.3 is 10.4 Å². The molecule has 0 amide bonds. The number of rotatable bonds is 4. The number of anilines is 1. The van der Waals surface area contributed by atoms with Gasteiger partial charge in [0.1, 0.15) is 5.75 Å². The van der Waals surface area contributed by atoms with E-state index in [0.29, 0.717) is 5.75 Å². The first-order chi connectivity index (χ1) is 7.34. The fourth-order valence-corrected chi connectivity index (χ4v) is 2.07. The number of hydrogen-bond acceptors (Lipinski definition) is 3. The summed E-state index contributed by atoms with van der Waals surface area (Å²) in [7, 11) is 0. The Labute approximate surface area is 93.2 Å². The van der Waals surface area contributed by atoms with E-state index in [0.717, 1.165) is 18.7 Å². The van der Waals surface area contributed by atoms with Crippen LogP contribution in [0.15, 0.2) is 41.8 Å². The van der Waals surface area contributed by atoms with Crippen molar-refractivity contribution in [1.82, 2.24) is 0 Å². The van der Waals surface area contributed by atoms with Crippen LogP contribution < -0.4 is 5.32 Å². The molecule has 2 nitrogen and oxygen atoms in total. The molecule has 0 unspecified atom stereocenters. The molecular weight excluding hydrogens is 206 g/mol. The zero-order valence-electron chi connectivity index (χ0n) is 8.31. The van der Waals surface area contributed by atoms with Gasteiger partial charge in [0, 0.05) is 17.1 Å². The van der Waals surface area contributed by atoms with E-state index in [2.05, 4.69) is 22.8 Å². The molecular formula is C12H13NOS. The smallest absolute Gasteiger partial charge is 0.115 e. The third-order valence-corrected chi connectivity index (χ3v) is 3.08. The Hall–Kier alpha value is -1.48. The van der Waals surface area contributed by atoms with Gasteiger partial charge in [0.15, 0.2) is 0 Å². The van der Waals surface area contributed by atoms with Gasteiger partial charge in [-0.2, -0.15) is 0 Å². The van der Waals surface area contributed by atoms with Crippen molar-refractivity contribution in [3.63, 3.8) is 0 Å². The van der Waals surface area contributed by atoms with Crippen LogP contribution in [0.25, 0.3) is 0 Å². The van der Waals surface area contributed by atoms with E-state index in [1.54, 1.807) is 23.5 Å². The molecule has 0 saturated carbocycles. The highest BCUT2D eigenvalue weighted by Crippen LogP contribution is 2.14. The first kappa shape index (κ1) is 10.1. The Kier molecular flexibility index (Phi) is 3.25. The predicted octanol–water partition coefficient (Wildman–Crippen LogP) is 3.11. The highest BCUT2D eigenvalue weighted by Gasteiger charge is 1.94. The van der Waals surface area contributed by atoms with Crippen LogP contribution >= 0.6 is 11.3 Å². The van der Waals surface area contributed by atoms with Gasteiger partial charge in [0.25, 0.3) is 0 Å². The lowest BCUT2D eigenvalue weighted by Crippen LogP contribution is -2.03. The first-order valence-corrected chi connectivity index (χ1v) is 5.78. The van der Waals surface area contributed by atoms with E-state index in [9.17, 15) is 0 Å². The molecule has 0 aliphatic rings. The topological polar surface area (TPSA) is 32.3 Å². The number of thiophene rings is 1. The van der Waals surface area contributed by atoms with Gasteiger partial charge in [0.05, 0.1) is 0 Å². The molecule has 15 heavy (non-hydrogen) atoms. The minimum Gasteiger partial charge on any atom is -0.508 e. The largest absolute Gasteiger partial charge is 0.508 e. The molecule has 1 aromatic heterocycles. The minimum atomic E-state index is 0.304. The van der Waals surface area contributed by atoms with E-state index in [1.807, 2.05) is 12.1 Å². The van der Waals surface area contributed by atoms with Gasteiger partial charge in [-0.15, -0.1) is 11.3 Å². The van der Waals surface area contributed by atoms with E-state index < -0.39 is 0 Å². The van der Waals surface area contributed by atoms with Gasteiger partial charge in [0.2, 0.25) is 0 Å². The first-order valence-electron chi connectivity index (χ1n) is 4.90. The Morgan fingerprint density at radius 3 is 2.60 bits per heavy atom. The third kappa shape index (κ3) is 2.99. The van der Waals surface area contributed by atoms with Crippen LogP contribution in [0.2, 0.25) is 0 Å². The number of benzene rings is 1. The van der Waals surface area contributed by atoms with Gasteiger partial charge in [-0.1, -0.05) is 6.07 Å². The number of nitrogens with one attached hydrogen (secondary N) is 1. The average molecular weight is 219 g/mol. The van der Waals surface area contributed by atoms with Crippen molar-refractivity contribution >= 4 is 17.0 Å². The summed E-state index contributed by atoms with van der Waals surface area (Å²) >= 11 is 1.78. The Balaban J connectivity index is 1.81. The van der Waals surface area contributed by atoms with Crippen LogP contribution in [0.3, 0.4) is 0 Å². The van der Waals surface area contributed by atoms with Crippen LogP contribution in [0.4, 0.5) is 5.69 Å². The maximum atomic E-state index is 9.11. The van der Waals surface area contributed by atoms with Crippen LogP contribution in [0.5, 0.6) is 5.75 Å². The second kappa shape index (κ2) is 4.84. The second-order valence-corrected chi connectivity index (χ2v) is 4.34. The number of hydrogen-bond donors (Lipinski definition) is 2. The van der Waals surface area contributed by atoms with Gasteiger partial charge in [-0.3, -0.25) is 0 Å². The summed E-state index contributed by atoms with van der Waals surface area (Å²) in [6.07, 6.45) is 1.04. The predicted molar refractivity (Wildman–Crippen MR) is 64.6 cm³/mol. The molecule has 1 heterocycles. The maximum Gasteiger partial charge on any atom is 0.115 e. The molecule has 0 aliphatic heterocycles. The zero-order chi connectivity index (χ0) is 10.5. The summed E-state index contributed by atoms with van der Waals surface area (Å²) in [6, 6.07) is 11.3. The molecule has 2 N–H and O–H groups in total. The molecule has 3 heteroatoms. The summed E-state index contributed by atoms with van der Waals surface area (Å²) in [4.78, 5) is 1.39. The van der Waals surface area contributed by atoms with E-state index in [-0.39, 0.29) is 0 Å². The SMILES string of the molecule is Oc1ccc(NCCc2cccs2)cc1. The van der Waals surface area contributed by atoms with Crippen molar-refractivity contribution in [3.05, 3.63) is 46.7 Å². The lowest BCUT2D eigenvalue weighted by molar-refractivity contribution is 0.475. The van der Waals surface area contributed by atoms with Crippen molar-refractivity contribution in [3.8, 4) is 5.75 Å². The summed E-state index contributed by atoms with van der Waals surface area (Å²) in [6.45, 7) is 0.922. The highest BCUT2D eigenvalue weighted by atomic mass is 32.1. The molecule has 0 radical (unpaired) electrons. The van der Waals surface area contributed by atoms with Crippen LogP contribution in [0.1, 0.15) is 4.88 Å².